The van der Waals surface area contributed by atoms with Crippen LogP contribution in [0.1, 0.15) is 48.3 Å². The fourth-order valence-electron chi connectivity index (χ4n) is 3.65. The van der Waals surface area contributed by atoms with Crippen molar-refractivity contribution in [2.75, 3.05) is 7.05 Å². The fourth-order valence-corrected chi connectivity index (χ4v) is 5.04. The molecule has 25 heavy (non-hydrogen) atoms. The van der Waals surface area contributed by atoms with Crippen molar-refractivity contribution in [3.8, 4) is 0 Å². The Morgan fingerprint density at radius 1 is 1.52 bits per heavy atom. The Kier molecular flexibility index (Phi) is 4.25. The third-order valence-electron chi connectivity index (χ3n) is 5.37. The molecule has 132 valence electrons. The van der Waals surface area contributed by atoms with Crippen molar-refractivity contribution in [1.82, 2.24) is 9.97 Å². The maximum atomic E-state index is 12.7. The number of nitrogens with one attached hydrogen (secondary N) is 2. The Balaban J connectivity index is 1.67. The topological polar surface area (TPSA) is 63.3 Å². The van der Waals surface area contributed by atoms with Gasteiger partial charge < -0.3 is 14.3 Å². The smallest absolute Gasteiger partial charge is 0.260 e. The van der Waals surface area contributed by atoms with Crippen LogP contribution in [0.2, 0.25) is 0 Å². The third kappa shape index (κ3) is 3.04. The zero-order valence-corrected chi connectivity index (χ0v) is 15.7. The van der Waals surface area contributed by atoms with Gasteiger partial charge in [0.2, 0.25) is 0 Å². The van der Waals surface area contributed by atoms with Crippen LogP contribution in [0.25, 0.3) is 10.2 Å². The van der Waals surface area contributed by atoms with Crippen LogP contribution in [0.5, 0.6) is 0 Å². The van der Waals surface area contributed by atoms with Crippen molar-refractivity contribution in [1.29, 1.82) is 0 Å². The molecule has 3 aromatic heterocycles. The molecule has 0 aromatic carbocycles. The number of quaternary nitrogens is 1. The molecule has 3 atom stereocenters. The normalized spacial score (nSPS) is 19.7. The van der Waals surface area contributed by atoms with Gasteiger partial charge in [-0.15, -0.1) is 11.3 Å². The Labute approximate surface area is 150 Å². The molecule has 0 amide bonds. The summed E-state index contributed by atoms with van der Waals surface area (Å²) in [4.78, 5) is 24.1. The number of hydrogen-bond donors (Lipinski definition) is 2. The van der Waals surface area contributed by atoms with Gasteiger partial charge in [0.25, 0.3) is 5.56 Å². The van der Waals surface area contributed by atoms with Crippen LogP contribution in [0, 0.1) is 5.92 Å². The van der Waals surface area contributed by atoms with Crippen molar-refractivity contribution in [3.63, 3.8) is 0 Å². The fraction of sp³-hybridized carbons (Fsp3) is 0.474. The van der Waals surface area contributed by atoms with Gasteiger partial charge in [-0.05, 0) is 49.8 Å². The number of nitrogens with zero attached hydrogens (tertiary/aromatic N) is 1. The Morgan fingerprint density at radius 3 is 3.12 bits per heavy atom. The molecular weight excluding hydrogens is 334 g/mol. The second kappa shape index (κ2) is 6.42. The van der Waals surface area contributed by atoms with Crippen LogP contribution in [0.4, 0.5) is 0 Å². The summed E-state index contributed by atoms with van der Waals surface area (Å²) >= 11 is 1.71. The molecule has 0 fully saturated rings. The Bertz CT molecular complexity index is 942. The molecule has 0 aliphatic heterocycles. The molecule has 1 unspecified atom stereocenters. The number of H-pyrrole nitrogens is 1. The predicted molar refractivity (Wildman–Crippen MR) is 99.1 cm³/mol. The van der Waals surface area contributed by atoms with Gasteiger partial charge in [-0.3, -0.25) is 4.79 Å². The lowest BCUT2D eigenvalue weighted by molar-refractivity contribution is -0.925. The number of hydrogen-bond acceptors (Lipinski definition) is 4. The average molecular weight is 358 g/mol. The first-order chi connectivity index (χ1) is 12.0. The van der Waals surface area contributed by atoms with Crippen molar-refractivity contribution in [2.24, 2.45) is 5.92 Å². The molecule has 3 aromatic rings. The summed E-state index contributed by atoms with van der Waals surface area (Å²) in [6.07, 6.45) is 4.92. The highest BCUT2D eigenvalue weighted by atomic mass is 32.1. The van der Waals surface area contributed by atoms with Gasteiger partial charge in [0, 0.05) is 4.88 Å². The van der Waals surface area contributed by atoms with E-state index in [-0.39, 0.29) is 11.6 Å². The molecule has 0 spiro atoms. The highest BCUT2D eigenvalue weighted by molar-refractivity contribution is 7.18. The molecule has 0 saturated heterocycles. The van der Waals surface area contributed by atoms with Gasteiger partial charge in [0.1, 0.15) is 17.4 Å². The molecule has 3 heterocycles. The summed E-state index contributed by atoms with van der Waals surface area (Å²) in [5, 5.41) is 0.825. The Morgan fingerprint density at radius 2 is 2.36 bits per heavy atom. The molecule has 0 saturated carbocycles. The van der Waals surface area contributed by atoms with Crippen molar-refractivity contribution >= 4 is 21.6 Å². The van der Waals surface area contributed by atoms with Gasteiger partial charge in [-0.2, -0.15) is 0 Å². The van der Waals surface area contributed by atoms with E-state index >= 15 is 0 Å². The quantitative estimate of drug-likeness (QED) is 0.753. The lowest BCUT2D eigenvalue weighted by atomic mass is 9.89. The van der Waals surface area contributed by atoms with E-state index in [1.807, 2.05) is 12.1 Å². The number of rotatable bonds is 4. The molecule has 0 radical (unpaired) electrons. The van der Waals surface area contributed by atoms with Crippen LogP contribution >= 0.6 is 11.3 Å². The number of thiophene rings is 1. The zero-order chi connectivity index (χ0) is 17.6. The van der Waals surface area contributed by atoms with E-state index < -0.39 is 0 Å². The van der Waals surface area contributed by atoms with E-state index in [9.17, 15) is 4.79 Å². The van der Waals surface area contributed by atoms with Crippen LogP contribution in [0.15, 0.2) is 27.6 Å². The summed E-state index contributed by atoms with van der Waals surface area (Å²) in [5.41, 5.74) is 1.26. The molecule has 1 aliphatic rings. The SMILES string of the molecule is C[C@@H]1CCc2c(sc3nc([C@@H](C)[NH+](C)Cc4ccco4)[nH]c(=O)c23)C1. The van der Waals surface area contributed by atoms with Gasteiger partial charge in [0.05, 0.1) is 18.7 Å². The van der Waals surface area contributed by atoms with Crippen LogP contribution in [-0.2, 0) is 19.4 Å². The molecule has 0 bridgehead atoms. The van der Waals surface area contributed by atoms with Crippen molar-refractivity contribution in [3.05, 3.63) is 50.8 Å². The van der Waals surface area contributed by atoms with E-state index in [1.54, 1.807) is 17.6 Å². The summed E-state index contributed by atoms with van der Waals surface area (Å²) in [6.45, 7) is 5.14. The van der Waals surface area contributed by atoms with E-state index in [4.69, 9.17) is 9.40 Å². The Hall–Kier alpha value is -1.92. The number of aromatic amines is 1. The summed E-state index contributed by atoms with van der Waals surface area (Å²) in [7, 11) is 2.10. The molecular formula is C19H24N3O2S+. The molecule has 2 N–H and O–H groups in total. The number of furan rings is 1. The summed E-state index contributed by atoms with van der Waals surface area (Å²) < 4.78 is 5.44. The van der Waals surface area contributed by atoms with Gasteiger partial charge in [-0.25, -0.2) is 4.98 Å². The van der Waals surface area contributed by atoms with E-state index in [0.717, 1.165) is 47.6 Å². The third-order valence-corrected chi connectivity index (χ3v) is 6.51. The van der Waals surface area contributed by atoms with E-state index in [2.05, 4.69) is 25.9 Å². The average Bonchev–Trinajstić information content (AvgIpc) is 3.20. The second-order valence-corrected chi connectivity index (χ2v) is 8.39. The second-order valence-electron chi connectivity index (χ2n) is 7.31. The maximum Gasteiger partial charge on any atom is 0.260 e. The number of fused-ring (bicyclic) bond motifs is 3. The van der Waals surface area contributed by atoms with Crippen LogP contribution in [-0.4, -0.2) is 17.0 Å². The highest BCUT2D eigenvalue weighted by Crippen LogP contribution is 2.35. The largest absolute Gasteiger partial charge is 0.463 e. The standard InChI is InChI=1S/C19H23N3O2S/c1-11-6-7-14-15(9-11)25-19-16(14)18(23)20-17(21-19)12(2)22(3)10-13-5-4-8-24-13/h4-5,8,11-12H,6-7,9-10H2,1-3H3,(H,20,21,23)/p+1/t11-,12-/m1/s1. The van der Waals surface area contributed by atoms with Crippen LogP contribution < -0.4 is 10.5 Å². The predicted octanol–water partition coefficient (Wildman–Crippen LogP) is 2.48. The number of aryl methyl sites for hydroxylation is 1. The van der Waals surface area contributed by atoms with Gasteiger partial charge in [-0.1, -0.05) is 6.92 Å². The molecule has 6 heteroatoms. The first kappa shape index (κ1) is 16.5. The van der Waals surface area contributed by atoms with Gasteiger partial charge >= 0.3 is 0 Å². The lowest BCUT2D eigenvalue weighted by Crippen LogP contribution is -3.07. The molecule has 5 nitrogen and oxygen atoms in total. The minimum atomic E-state index is 0.0182. The summed E-state index contributed by atoms with van der Waals surface area (Å²) in [5.74, 6) is 2.39. The van der Waals surface area contributed by atoms with Crippen molar-refractivity contribution in [2.45, 2.75) is 45.7 Å². The van der Waals surface area contributed by atoms with E-state index in [0.29, 0.717) is 5.92 Å². The monoisotopic (exact) mass is 358 g/mol. The first-order valence-corrected chi connectivity index (χ1v) is 9.73. The first-order valence-electron chi connectivity index (χ1n) is 8.92. The minimum absolute atomic E-state index is 0.0182. The highest BCUT2D eigenvalue weighted by Gasteiger charge is 2.25. The van der Waals surface area contributed by atoms with Crippen molar-refractivity contribution < 1.29 is 9.32 Å². The summed E-state index contributed by atoms with van der Waals surface area (Å²) in [6, 6.07) is 3.96. The molecule has 1 aliphatic carbocycles. The molecule has 4 rings (SSSR count). The van der Waals surface area contributed by atoms with Crippen LogP contribution in [0.3, 0.4) is 0 Å². The van der Waals surface area contributed by atoms with E-state index in [1.165, 1.54) is 15.3 Å². The minimum Gasteiger partial charge on any atom is -0.463 e. The lowest BCUT2D eigenvalue weighted by Gasteiger charge is -2.20. The maximum absolute atomic E-state index is 12.7. The zero-order valence-electron chi connectivity index (χ0n) is 14.9. The number of aromatic nitrogens is 2. The van der Waals surface area contributed by atoms with Gasteiger partial charge in [0.15, 0.2) is 11.6 Å².